The van der Waals surface area contributed by atoms with Crippen LogP contribution in [0.5, 0.6) is 11.5 Å². The summed E-state index contributed by atoms with van der Waals surface area (Å²) in [5, 5.41) is 2.77. The van der Waals surface area contributed by atoms with Gasteiger partial charge in [-0.05, 0) is 35.9 Å². The number of rotatable bonds is 5. The van der Waals surface area contributed by atoms with Gasteiger partial charge in [-0.15, -0.1) is 0 Å². The Kier molecular flexibility index (Phi) is 4.77. The van der Waals surface area contributed by atoms with E-state index >= 15 is 0 Å². The van der Waals surface area contributed by atoms with Crippen LogP contribution in [-0.4, -0.2) is 20.1 Å². The highest BCUT2D eigenvalue weighted by atomic mass is 19.1. The van der Waals surface area contributed by atoms with Gasteiger partial charge in [0, 0.05) is 12.1 Å². The average Bonchev–Trinajstić information content (AvgIpc) is 2.53. The van der Waals surface area contributed by atoms with Gasteiger partial charge in [0.15, 0.2) is 11.5 Å². The molecule has 0 unspecified atom stereocenters. The molecule has 0 aromatic heterocycles. The lowest BCUT2D eigenvalue weighted by Gasteiger charge is -2.10. The van der Waals surface area contributed by atoms with Crippen LogP contribution >= 0.6 is 0 Å². The van der Waals surface area contributed by atoms with E-state index in [2.05, 4.69) is 5.32 Å². The van der Waals surface area contributed by atoms with Crippen LogP contribution < -0.4 is 14.8 Å². The molecular formula is C16H16FNO3. The summed E-state index contributed by atoms with van der Waals surface area (Å²) in [7, 11) is 3.05. The van der Waals surface area contributed by atoms with Crippen LogP contribution in [-0.2, 0) is 6.54 Å². The van der Waals surface area contributed by atoms with Gasteiger partial charge in [0.1, 0.15) is 5.82 Å². The molecule has 21 heavy (non-hydrogen) atoms. The predicted molar refractivity (Wildman–Crippen MR) is 77.1 cm³/mol. The van der Waals surface area contributed by atoms with Crippen LogP contribution in [0.1, 0.15) is 15.9 Å². The molecule has 1 N–H and O–H groups in total. The Hall–Kier alpha value is -2.56. The summed E-state index contributed by atoms with van der Waals surface area (Å²) in [5.41, 5.74) is 1.29. The zero-order chi connectivity index (χ0) is 15.2. The van der Waals surface area contributed by atoms with Gasteiger partial charge in [-0.2, -0.15) is 0 Å². The van der Waals surface area contributed by atoms with E-state index in [9.17, 15) is 9.18 Å². The smallest absolute Gasteiger partial charge is 0.251 e. The predicted octanol–water partition coefficient (Wildman–Crippen LogP) is 2.77. The molecule has 0 fully saturated rings. The molecule has 0 aliphatic carbocycles. The van der Waals surface area contributed by atoms with Crippen molar-refractivity contribution >= 4 is 5.91 Å². The number of carbonyl (C=O) groups excluding carboxylic acids is 1. The molecule has 0 aliphatic rings. The quantitative estimate of drug-likeness (QED) is 0.920. The number of nitrogens with one attached hydrogen (secondary N) is 1. The SMILES string of the molecule is COc1ccc(C(=O)NCc2ccc(F)cc2)cc1OC. The normalized spacial score (nSPS) is 10.0. The molecule has 0 spiro atoms. The van der Waals surface area contributed by atoms with E-state index in [4.69, 9.17) is 9.47 Å². The van der Waals surface area contributed by atoms with Crippen molar-refractivity contribution in [1.82, 2.24) is 5.32 Å². The lowest BCUT2D eigenvalue weighted by Crippen LogP contribution is -2.22. The fraction of sp³-hybridized carbons (Fsp3) is 0.188. The molecule has 0 heterocycles. The number of amides is 1. The average molecular weight is 289 g/mol. The minimum atomic E-state index is -0.301. The second kappa shape index (κ2) is 6.74. The highest BCUT2D eigenvalue weighted by molar-refractivity contribution is 5.94. The molecule has 110 valence electrons. The van der Waals surface area contributed by atoms with Crippen LogP contribution in [0.3, 0.4) is 0 Å². The molecule has 2 aromatic rings. The number of hydrogen-bond donors (Lipinski definition) is 1. The number of halogens is 1. The van der Waals surface area contributed by atoms with E-state index in [1.54, 1.807) is 30.3 Å². The zero-order valence-electron chi connectivity index (χ0n) is 11.9. The molecule has 0 radical (unpaired) electrons. The number of methoxy groups -OCH3 is 2. The Morgan fingerprint density at radius 3 is 2.33 bits per heavy atom. The largest absolute Gasteiger partial charge is 0.493 e. The van der Waals surface area contributed by atoms with Crippen molar-refractivity contribution < 1.29 is 18.7 Å². The summed E-state index contributed by atoms with van der Waals surface area (Å²) >= 11 is 0. The summed E-state index contributed by atoms with van der Waals surface area (Å²) < 4.78 is 23.1. The molecular weight excluding hydrogens is 273 g/mol. The summed E-state index contributed by atoms with van der Waals surface area (Å²) in [6.07, 6.45) is 0. The fourth-order valence-corrected chi connectivity index (χ4v) is 1.86. The third-order valence-corrected chi connectivity index (χ3v) is 3.01. The lowest BCUT2D eigenvalue weighted by molar-refractivity contribution is 0.0950. The molecule has 2 aromatic carbocycles. The van der Waals surface area contributed by atoms with Crippen molar-refractivity contribution in [2.45, 2.75) is 6.54 Å². The van der Waals surface area contributed by atoms with Gasteiger partial charge in [0.2, 0.25) is 0 Å². The number of carbonyl (C=O) groups is 1. The number of ether oxygens (including phenoxy) is 2. The Bertz CT molecular complexity index is 626. The molecule has 0 bridgehead atoms. The maximum absolute atomic E-state index is 12.8. The summed E-state index contributed by atoms with van der Waals surface area (Å²) in [5.74, 6) is 0.518. The molecule has 2 rings (SSSR count). The van der Waals surface area contributed by atoms with Gasteiger partial charge in [0.25, 0.3) is 5.91 Å². The third-order valence-electron chi connectivity index (χ3n) is 3.01. The van der Waals surface area contributed by atoms with E-state index < -0.39 is 0 Å². The first-order valence-corrected chi connectivity index (χ1v) is 6.38. The number of hydrogen-bond acceptors (Lipinski definition) is 3. The van der Waals surface area contributed by atoms with Crippen molar-refractivity contribution in [3.63, 3.8) is 0 Å². The van der Waals surface area contributed by atoms with Crippen LogP contribution in [0.4, 0.5) is 4.39 Å². The molecule has 5 heteroatoms. The van der Waals surface area contributed by atoms with E-state index in [0.29, 0.717) is 23.6 Å². The standard InChI is InChI=1S/C16H16FNO3/c1-20-14-8-5-12(9-15(14)21-2)16(19)18-10-11-3-6-13(17)7-4-11/h3-9H,10H2,1-2H3,(H,18,19). The van der Waals surface area contributed by atoms with Crippen LogP contribution in [0.15, 0.2) is 42.5 Å². The van der Waals surface area contributed by atoms with E-state index in [1.165, 1.54) is 26.4 Å². The maximum atomic E-state index is 12.8. The summed E-state index contributed by atoms with van der Waals surface area (Å²) in [6.45, 7) is 0.327. The van der Waals surface area contributed by atoms with E-state index in [0.717, 1.165) is 5.56 Å². The molecule has 0 aliphatic heterocycles. The van der Waals surface area contributed by atoms with Gasteiger partial charge in [0.05, 0.1) is 14.2 Å². The van der Waals surface area contributed by atoms with Crippen molar-refractivity contribution in [3.05, 3.63) is 59.4 Å². The minimum absolute atomic E-state index is 0.236. The Morgan fingerprint density at radius 2 is 1.71 bits per heavy atom. The minimum Gasteiger partial charge on any atom is -0.493 e. The summed E-state index contributed by atoms with van der Waals surface area (Å²) in [4.78, 5) is 12.1. The second-order valence-corrected chi connectivity index (χ2v) is 4.38. The van der Waals surface area contributed by atoms with Crippen LogP contribution in [0.25, 0.3) is 0 Å². The Morgan fingerprint density at radius 1 is 1.05 bits per heavy atom. The first-order chi connectivity index (χ1) is 10.1. The Balaban J connectivity index is 2.04. The van der Waals surface area contributed by atoms with E-state index in [1.807, 2.05) is 0 Å². The first-order valence-electron chi connectivity index (χ1n) is 6.38. The monoisotopic (exact) mass is 289 g/mol. The van der Waals surface area contributed by atoms with Gasteiger partial charge in [-0.25, -0.2) is 4.39 Å². The number of benzene rings is 2. The molecule has 0 atom stereocenters. The zero-order valence-corrected chi connectivity index (χ0v) is 11.9. The van der Waals surface area contributed by atoms with Crippen molar-refractivity contribution in [2.24, 2.45) is 0 Å². The molecule has 1 amide bonds. The highest BCUT2D eigenvalue weighted by Crippen LogP contribution is 2.27. The summed E-state index contributed by atoms with van der Waals surface area (Å²) in [6, 6.07) is 10.9. The van der Waals surface area contributed by atoms with Gasteiger partial charge >= 0.3 is 0 Å². The molecule has 0 saturated heterocycles. The fourth-order valence-electron chi connectivity index (χ4n) is 1.86. The van der Waals surface area contributed by atoms with Crippen LogP contribution in [0, 0.1) is 5.82 Å². The van der Waals surface area contributed by atoms with Crippen molar-refractivity contribution in [1.29, 1.82) is 0 Å². The van der Waals surface area contributed by atoms with E-state index in [-0.39, 0.29) is 11.7 Å². The third kappa shape index (κ3) is 3.72. The molecule has 4 nitrogen and oxygen atoms in total. The topological polar surface area (TPSA) is 47.6 Å². The second-order valence-electron chi connectivity index (χ2n) is 4.38. The van der Waals surface area contributed by atoms with Gasteiger partial charge in [-0.1, -0.05) is 12.1 Å². The lowest BCUT2D eigenvalue weighted by atomic mass is 10.1. The van der Waals surface area contributed by atoms with Crippen molar-refractivity contribution in [3.8, 4) is 11.5 Å². The Labute approximate surface area is 122 Å². The van der Waals surface area contributed by atoms with Gasteiger partial charge in [-0.3, -0.25) is 4.79 Å². The maximum Gasteiger partial charge on any atom is 0.251 e. The first kappa shape index (κ1) is 14.8. The highest BCUT2D eigenvalue weighted by Gasteiger charge is 2.10. The van der Waals surface area contributed by atoms with Gasteiger partial charge < -0.3 is 14.8 Å². The van der Waals surface area contributed by atoms with Crippen LogP contribution in [0.2, 0.25) is 0 Å². The molecule has 0 saturated carbocycles. The van der Waals surface area contributed by atoms with Crippen molar-refractivity contribution in [2.75, 3.05) is 14.2 Å².